The number of carbonyl (C=O) groups is 1. The molecule has 1 aliphatic heterocycles. The van der Waals surface area contributed by atoms with E-state index in [1.807, 2.05) is 6.07 Å². The second-order valence-corrected chi connectivity index (χ2v) is 7.93. The van der Waals surface area contributed by atoms with Crippen LogP contribution in [0.3, 0.4) is 0 Å². The number of halogens is 2. The Labute approximate surface area is 174 Å². The highest BCUT2D eigenvalue weighted by Gasteiger charge is 2.29. The highest BCUT2D eigenvalue weighted by Crippen LogP contribution is 2.27. The van der Waals surface area contributed by atoms with E-state index in [0.29, 0.717) is 27.8 Å². The number of hydrogen-bond donors (Lipinski definition) is 1. The van der Waals surface area contributed by atoms with E-state index in [1.54, 1.807) is 30.5 Å². The van der Waals surface area contributed by atoms with E-state index in [0.717, 1.165) is 4.88 Å². The lowest BCUT2D eigenvalue weighted by molar-refractivity contribution is -0.131. The molecule has 0 aliphatic carbocycles. The lowest BCUT2D eigenvalue weighted by atomic mass is 10.1. The quantitative estimate of drug-likeness (QED) is 0.622. The molecule has 148 valence electrons. The number of carbonyl (C=O) groups excluding carboxylic acids is 1. The summed E-state index contributed by atoms with van der Waals surface area (Å²) in [5.41, 5.74) is 1.28. The summed E-state index contributed by atoms with van der Waals surface area (Å²) in [6.07, 6.45) is 2.74. The van der Waals surface area contributed by atoms with Crippen molar-refractivity contribution in [3.8, 4) is 11.5 Å². The molecule has 2 aromatic heterocycles. The van der Waals surface area contributed by atoms with Gasteiger partial charge in [0.1, 0.15) is 11.5 Å². The lowest BCUT2D eigenvalue weighted by Gasteiger charge is -2.11. The minimum atomic E-state index is -0.719. The molecule has 0 spiro atoms. The van der Waals surface area contributed by atoms with Crippen molar-refractivity contribution in [1.82, 2.24) is 10.3 Å². The summed E-state index contributed by atoms with van der Waals surface area (Å²) < 4.78 is 20.4. The molecule has 0 bridgehead atoms. The highest BCUT2D eigenvalue weighted by molar-refractivity contribution is 7.18. The Morgan fingerprint density at radius 2 is 2.24 bits per heavy atom. The van der Waals surface area contributed by atoms with Gasteiger partial charge in [-0.25, -0.2) is 4.39 Å². The average Bonchev–Trinajstić information content (AvgIpc) is 3.38. The first-order valence-corrected chi connectivity index (χ1v) is 9.90. The fraction of sp³-hybridized carbons (Fsp3) is 0.150. The number of rotatable bonds is 6. The van der Waals surface area contributed by atoms with Gasteiger partial charge in [0.2, 0.25) is 6.10 Å². The zero-order chi connectivity index (χ0) is 20.2. The van der Waals surface area contributed by atoms with E-state index in [1.165, 1.54) is 29.7 Å². The van der Waals surface area contributed by atoms with Crippen molar-refractivity contribution in [3.63, 3.8) is 0 Å². The van der Waals surface area contributed by atoms with Gasteiger partial charge in [0.05, 0.1) is 15.4 Å². The van der Waals surface area contributed by atoms with Gasteiger partial charge in [-0.15, -0.1) is 11.3 Å². The van der Waals surface area contributed by atoms with Crippen LogP contribution in [-0.4, -0.2) is 22.7 Å². The van der Waals surface area contributed by atoms with Gasteiger partial charge in [-0.05, 0) is 42.0 Å². The van der Waals surface area contributed by atoms with Gasteiger partial charge in [-0.1, -0.05) is 22.8 Å². The first-order chi connectivity index (χ1) is 14.1. The first-order valence-electron chi connectivity index (χ1n) is 8.71. The predicted octanol–water partition coefficient (Wildman–Crippen LogP) is 4.54. The maximum atomic E-state index is 14.3. The Balaban J connectivity index is 1.31. The topological polar surface area (TPSA) is 72.8 Å². The van der Waals surface area contributed by atoms with Gasteiger partial charge in [0.15, 0.2) is 11.6 Å². The van der Waals surface area contributed by atoms with Crippen LogP contribution in [0, 0.1) is 5.82 Å². The van der Waals surface area contributed by atoms with Crippen molar-refractivity contribution in [2.45, 2.75) is 19.1 Å². The summed E-state index contributed by atoms with van der Waals surface area (Å²) >= 11 is 7.30. The highest BCUT2D eigenvalue weighted by atomic mass is 35.5. The van der Waals surface area contributed by atoms with E-state index < -0.39 is 11.9 Å². The zero-order valence-corrected chi connectivity index (χ0v) is 16.5. The Bertz CT molecular complexity index is 1060. The maximum absolute atomic E-state index is 14.3. The molecular formula is C20H15ClFN3O3S. The average molecular weight is 432 g/mol. The van der Waals surface area contributed by atoms with E-state index in [-0.39, 0.29) is 18.2 Å². The predicted molar refractivity (Wildman–Crippen MR) is 108 cm³/mol. The Morgan fingerprint density at radius 3 is 2.97 bits per heavy atom. The van der Waals surface area contributed by atoms with Crippen LogP contribution in [0.4, 0.5) is 4.39 Å². The zero-order valence-electron chi connectivity index (χ0n) is 15.0. The molecule has 1 aliphatic rings. The van der Waals surface area contributed by atoms with Crippen LogP contribution in [0.25, 0.3) is 0 Å². The molecule has 3 aromatic rings. The van der Waals surface area contributed by atoms with Crippen molar-refractivity contribution >= 4 is 34.6 Å². The van der Waals surface area contributed by atoms with Gasteiger partial charge in [0.25, 0.3) is 5.91 Å². The molecule has 3 heterocycles. The molecule has 4 rings (SSSR count). The summed E-state index contributed by atoms with van der Waals surface area (Å²) in [6, 6.07) is 11.5. The van der Waals surface area contributed by atoms with Crippen molar-refractivity contribution < 1.29 is 18.8 Å². The third kappa shape index (κ3) is 4.72. The van der Waals surface area contributed by atoms with Crippen LogP contribution in [0.2, 0.25) is 4.34 Å². The van der Waals surface area contributed by atoms with Crippen LogP contribution < -0.4 is 10.1 Å². The van der Waals surface area contributed by atoms with Crippen molar-refractivity contribution in [1.29, 1.82) is 0 Å². The SMILES string of the molecule is O=C(NCc1ccc(Oc2cccnc2)c(F)c1)C1CC(c2ccc(Cl)s2)=NO1. The maximum Gasteiger partial charge on any atom is 0.264 e. The number of ether oxygens (including phenoxy) is 1. The molecule has 6 nitrogen and oxygen atoms in total. The smallest absolute Gasteiger partial charge is 0.264 e. The van der Waals surface area contributed by atoms with E-state index in [4.69, 9.17) is 21.2 Å². The summed E-state index contributed by atoms with van der Waals surface area (Å²) in [7, 11) is 0. The summed E-state index contributed by atoms with van der Waals surface area (Å²) in [5.74, 6) is -0.325. The monoisotopic (exact) mass is 431 g/mol. The molecule has 1 amide bonds. The van der Waals surface area contributed by atoms with Crippen LogP contribution in [0.5, 0.6) is 11.5 Å². The molecule has 9 heteroatoms. The molecule has 0 saturated heterocycles. The molecule has 1 atom stereocenters. The molecular weight excluding hydrogens is 417 g/mol. The lowest BCUT2D eigenvalue weighted by Crippen LogP contribution is -2.34. The number of thiophene rings is 1. The molecule has 1 N–H and O–H groups in total. The third-order valence-electron chi connectivity index (χ3n) is 4.14. The van der Waals surface area contributed by atoms with E-state index >= 15 is 0 Å². The minimum absolute atomic E-state index is 0.0832. The van der Waals surface area contributed by atoms with Crippen LogP contribution >= 0.6 is 22.9 Å². The van der Waals surface area contributed by atoms with Crippen molar-refractivity contribution in [2.24, 2.45) is 5.16 Å². The molecule has 29 heavy (non-hydrogen) atoms. The molecule has 0 fully saturated rings. The van der Waals surface area contributed by atoms with Crippen LogP contribution in [0.15, 0.2) is 60.0 Å². The second-order valence-electron chi connectivity index (χ2n) is 6.21. The summed E-state index contributed by atoms with van der Waals surface area (Å²) in [5, 5.41) is 6.71. The van der Waals surface area contributed by atoms with Crippen LogP contribution in [-0.2, 0) is 16.2 Å². The number of amides is 1. The van der Waals surface area contributed by atoms with Gasteiger partial charge in [-0.3, -0.25) is 9.78 Å². The number of aromatic nitrogens is 1. The standard InChI is InChI=1S/C20H15ClFN3O3S/c21-19-6-5-18(29-19)15-9-17(28-25-15)20(26)24-10-12-3-4-16(14(22)8-12)27-13-2-1-7-23-11-13/h1-8,11,17H,9-10H2,(H,24,26). The fourth-order valence-corrected chi connectivity index (χ4v) is 3.74. The molecule has 1 aromatic carbocycles. The Kier molecular flexibility index (Phi) is 5.73. The number of pyridine rings is 1. The number of hydrogen-bond acceptors (Lipinski definition) is 6. The number of nitrogens with zero attached hydrogens (tertiary/aromatic N) is 2. The molecule has 0 saturated carbocycles. The fourth-order valence-electron chi connectivity index (χ4n) is 2.71. The number of oxime groups is 1. The van der Waals surface area contributed by atoms with Crippen LogP contribution in [0.1, 0.15) is 16.9 Å². The molecule has 0 radical (unpaired) electrons. The minimum Gasteiger partial charge on any atom is -0.453 e. The van der Waals surface area contributed by atoms with Gasteiger partial charge in [-0.2, -0.15) is 0 Å². The first kappa shape index (κ1) is 19.4. The number of benzene rings is 1. The largest absolute Gasteiger partial charge is 0.453 e. The van der Waals surface area contributed by atoms with E-state index in [2.05, 4.69) is 15.5 Å². The van der Waals surface area contributed by atoms with Gasteiger partial charge in [0, 0.05) is 19.2 Å². The Hall–Kier alpha value is -2.97. The van der Waals surface area contributed by atoms with E-state index in [9.17, 15) is 9.18 Å². The third-order valence-corrected chi connectivity index (χ3v) is 5.42. The number of nitrogens with one attached hydrogen (secondary N) is 1. The van der Waals surface area contributed by atoms with Gasteiger partial charge >= 0.3 is 0 Å². The second kappa shape index (κ2) is 8.59. The molecule has 1 unspecified atom stereocenters. The van der Waals surface area contributed by atoms with Gasteiger partial charge < -0.3 is 14.9 Å². The summed E-state index contributed by atoms with van der Waals surface area (Å²) in [6.45, 7) is 0.156. The van der Waals surface area contributed by atoms with Crippen molar-refractivity contribution in [3.05, 3.63) is 75.5 Å². The Morgan fingerprint density at radius 1 is 1.34 bits per heavy atom. The normalized spacial score (nSPS) is 15.5. The summed E-state index contributed by atoms with van der Waals surface area (Å²) in [4.78, 5) is 22.4. The van der Waals surface area contributed by atoms with Crippen molar-refractivity contribution in [2.75, 3.05) is 0 Å².